The predicted molar refractivity (Wildman–Crippen MR) is 81.5 cm³/mol. The highest BCUT2D eigenvalue weighted by Gasteiger charge is 2.46. The van der Waals surface area contributed by atoms with Gasteiger partial charge in [0, 0.05) is 19.4 Å². The molecule has 1 aliphatic heterocycles. The molecule has 1 saturated carbocycles. The predicted octanol–water partition coefficient (Wildman–Crippen LogP) is 2.78. The van der Waals surface area contributed by atoms with Crippen LogP contribution in [0.15, 0.2) is 24.3 Å². The Hall–Kier alpha value is -2.31. The highest BCUT2D eigenvalue weighted by Crippen LogP contribution is 2.41. The van der Waals surface area contributed by atoms with Crippen molar-refractivity contribution in [2.24, 2.45) is 0 Å². The van der Waals surface area contributed by atoms with Crippen LogP contribution in [0, 0.1) is 10.1 Å². The Morgan fingerprint density at radius 1 is 1.26 bits per heavy atom. The summed E-state index contributed by atoms with van der Waals surface area (Å²) in [5.41, 5.74) is -0.0583. The minimum absolute atomic E-state index is 0.0193. The summed E-state index contributed by atoms with van der Waals surface area (Å²) >= 11 is 0. The largest absolute Gasteiger partial charge is 0.467 e. The van der Waals surface area contributed by atoms with Crippen LogP contribution in [0.5, 0.6) is 5.75 Å². The number of carbonyl (C=O) groups is 1. The van der Waals surface area contributed by atoms with Crippen molar-refractivity contribution in [3.05, 3.63) is 39.9 Å². The molecule has 0 N–H and O–H groups in total. The Kier molecular flexibility index (Phi) is 4.36. The monoisotopic (exact) mass is 320 g/mol. The van der Waals surface area contributed by atoms with E-state index in [0.29, 0.717) is 24.3 Å². The number of para-hydroxylation sites is 1. The van der Waals surface area contributed by atoms with Gasteiger partial charge >= 0.3 is 0 Å². The molecular formula is C16H20N2O5. The Balaban J connectivity index is 1.81. The number of rotatable bonds is 5. The van der Waals surface area contributed by atoms with Crippen molar-refractivity contribution in [3.63, 3.8) is 0 Å². The molecule has 2 aliphatic rings. The Morgan fingerprint density at radius 2 is 2.00 bits per heavy atom. The number of benzene rings is 1. The minimum Gasteiger partial charge on any atom is -0.467 e. The summed E-state index contributed by atoms with van der Waals surface area (Å²) in [7, 11) is 0. The molecule has 7 heteroatoms. The highest BCUT2D eigenvalue weighted by molar-refractivity contribution is 5.98. The second-order valence-corrected chi connectivity index (χ2v) is 5.97. The van der Waals surface area contributed by atoms with Crippen LogP contribution < -0.4 is 4.74 Å². The van der Waals surface area contributed by atoms with Crippen molar-refractivity contribution in [2.45, 2.75) is 44.2 Å². The lowest BCUT2D eigenvalue weighted by atomic mass is 9.88. The first-order chi connectivity index (χ1) is 11.1. The number of amides is 1. The molecule has 1 aromatic carbocycles. The van der Waals surface area contributed by atoms with Crippen LogP contribution in [0.25, 0.3) is 0 Å². The van der Waals surface area contributed by atoms with Gasteiger partial charge in [-0.05, 0) is 31.4 Å². The Bertz CT molecular complexity index is 598. The van der Waals surface area contributed by atoms with E-state index >= 15 is 0 Å². The van der Waals surface area contributed by atoms with Gasteiger partial charge in [0.2, 0.25) is 0 Å². The van der Waals surface area contributed by atoms with Crippen molar-refractivity contribution in [3.8, 4) is 5.75 Å². The molecule has 0 unspecified atom stereocenters. The van der Waals surface area contributed by atoms with Gasteiger partial charge in [-0.2, -0.15) is 0 Å². The van der Waals surface area contributed by atoms with Gasteiger partial charge in [0.25, 0.3) is 11.0 Å². The molecule has 3 rings (SSSR count). The van der Waals surface area contributed by atoms with Crippen LogP contribution in [0.3, 0.4) is 0 Å². The number of ether oxygens (including phenoxy) is 1. The fraction of sp³-hybridized carbons (Fsp3) is 0.562. The molecule has 1 spiro atoms. The van der Waals surface area contributed by atoms with E-state index in [2.05, 4.69) is 4.84 Å². The number of hydrogen-bond acceptors (Lipinski definition) is 5. The van der Waals surface area contributed by atoms with Crippen molar-refractivity contribution >= 4 is 5.91 Å². The summed E-state index contributed by atoms with van der Waals surface area (Å²) in [4.78, 5) is 29.2. The minimum atomic E-state index is -0.805. The fourth-order valence-electron chi connectivity index (χ4n) is 3.47. The molecule has 1 fully saturated rings. The maximum atomic E-state index is 12.9. The average Bonchev–Trinajstić information content (AvgIpc) is 2.54. The van der Waals surface area contributed by atoms with Gasteiger partial charge in [-0.25, -0.2) is 0 Å². The summed E-state index contributed by atoms with van der Waals surface area (Å²) < 4.78 is 6.25. The van der Waals surface area contributed by atoms with Crippen LogP contribution >= 0.6 is 0 Å². The molecule has 1 heterocycles. The maximum absolute atomic E-state index is 12.9. The van der Waals surface area contributed by atoms with E-state index in [9.17, 15) is 14.9 Å². The lowest BCUT2D eigenvalue weighted by Gasteiger charge is -2.49. The summed E-state index contributed by atoms with van der Waals surface area (Å²) in [6.07, 6.45) is 5.15. The molecule has 0 atom stereocenters. The third-order valence-electron chi connectivity index (χ3n) is 4.51. The summed E-state index contributed by atoms with van der Waals surface area (Å²) in [6.45, 7) is 0.371. The quantitative estimate of drug-likeness (QED) is 0.473. The van der Waals surface area contributed by atoms with Crippen LogP contribution in [0.4, 0.5) is 0 Å². The lowest BCUT2D eigenvalue weighted by molar-refractivity contribution is -0.757. The zero-order valence-corrected chi connectivity index (χ0v) is 12.9. The maximum Gasteiger partial charge on any atom is 0.294 e. The first-order valence-corrected chi connectivity index (χ1v) is 8.00. The number of carbonyl (C=O) groups excluding carboxylic acids is 1. The molecule has 124 valence electrons. The number of hydrogen-bond donors (Lipinski definition) is 0. The van der Waals surface area contributed by atoms with E-state index in [4.69, 9.17) is 4.74 Å². The van der Waals surface area contributed by atoms with E-state index in [1.807, 2.05) is 18.2 Å². The van der Waals surface area contributed by atoms with Gasteiger partial charge in [-0.1, -0.05) is 18.6 Å². The van der Waals surface area contributed by atoms with Gasteiger partial charge in [0.05, 0.1) is 12.2 Å². The average molecular weight is 320 g/mol. The second kappa shape index (κ2) is 6.44. The zero-order chi connectivity index (χ0) is 16.3. The highest BCUT2D eigenvalue weighted by atomic mass is 16.9. The third kappa shape index (κ3) is 3.09. The molecule has 1 amide bonds. The molecule has 7 nitrogen and oxygen atoms in total. The Labute approximate surface area is 134 Å². The summed E-state index contributed by atoms with van der Waals surface area (Å²) in [5.74, 6) is 0.576. The topological polar surface area (TPSA) is 81.9 Å². The number of nitrogens with zero attached hydrogens (tertiary/aromatic N) is 2. The van der Waals surface area contributed by atoms with Crippen LogP contribution in [0.1, 0.15) is 48.9 Å². The smallest absolute Gasteiger partial charge is 0.294 e. The fourth-order valence-corrected chi connectivity index (χ4v) is 3.47. The molecule has 0 radical (unpaired) electrons. The van der Waals surface area contributed by atoms with Crippen molar-refractivity contribution < 1.29 is 19.5 Å². The van der Waals surface area contributed by atoms with Gasteiger partial charge in [-0.15, -0.1) is 10.1 Å². The van der Waals surface area contributed by atoms with E-state index in [0.717, 1.165) is 32.1 Å². The van der Waals surface area contributed by atoms with Gasteiger partial charge in [-0.3, -0.25) is 4.79 Å². The van der Waals surface area contributed by atoms with Gasteiger partial charge < -0.3 is 14.5 Å². The van der Waals surface area contributed by atoms with Crippen LogP contribution in [-0.2, 0) is 4.84 Å². The molecule has 1 aliphatic carbocycles. The molecule has 0 aromatic heterocycles. The summed E-state index contributed by atoms with van der Waals surface area (Å²) in [5, 5.41) is 9.45. The standard InChI is InChI=1S/C16H20N2O5/c19-15-13-7-2-3-8-14(13)23-16(9-4-1-5-10-16)17(15)11-6-12-22-18(20)21/h2-3,7-8H,1,4-6,9-12H2. The van der Waals surface area contributed by atoms with E-state index in [-0.39, 0.29) is 12.5 Å². The number of fused-ring (bicyclic) bond motifs is 1. The first-order valence-electron chi connectivity index (χ1n) is 8.00. The third-order valence-corrected chi connectivity index (χ3v) is 4.51. The molecule has 23 heavy (non-hydrogen) atoms. The SMILES string of the molecule is O=C1c2ccccc2OC2(CCCCC2)N1CCCO[N+](=O)[O-]. The zero-order valence-electron chi connectivity index (χ0n) is 12.9. The normalized spacial score (nSPS) is 19.1. The van der Waals surface area contributed by atoms with Crippen molar-refractivity contribution in [1.29, 1.82) is 0 Å². The second-order valence-electron chi connectivity index (χ2n) is 5.97. The first kappa shape index (κ1) is 15.6. The molecular weight excluding hydrogens is 300 g/mol. The van der Waals surface area contributed by atoms with Crippen LogP contribution in [0.2, 0.25) is 0 Å². The van der Waals surface area contributed by atoms with Gasteiger partial charge in [0.15, 0.2) is 5.72 Å². The molecule has 0 bridgehead atoms. The lowest BCUT2D eigenvalue weighted by Crippen LogP contribution is -2.59. The van der Waals surface area contributed by atoms with E-state index in [1.54, 1.807) is 11.0 Å². The van der Waals surface area contributed by atoms with Crippen molar-refractivity contribution in [2.75, 3.05) is 13.2 Å². The van der Waals surface area contributed by atoms with Crippen molar-refractivity contribution in [1.82, 2.24) is 4.90 Å². The van der Waals surface area contributed by atoms with E-state index in [1.165, 1.54) is 0 Å². The van der Waals surface area contributed by atoms with Crippen LogP contribution in [-0.4, -0.2) is 34.8 Å². The molecule has 1 aromatic rings. The Morgan fingerprint density at radius 3 is 2.74 bits per heavy atom. The van der Waals surface area contributed by atoms with E-state index < -0.39 is 10.8 Å². The van der Waals surface area contributed by atoms with Gasteiger partial charge in [0.1, 0.15) is 5.75 Å². The molecule has 0 saturated heterocycles. The summed E-state index contributed by atoms with van der Waals surface area (Å²) in [6, 6.07) is 7.26.